The van der Waals surface area contributed by atoms with Crippen LogP contribution in [0, 0.1) is 0 Å². The molecule has 0 aromatic heterocycles. The summed E-state index contributed by atoms with van der Waals surface area (Å²) < 4.78 is 0. The molecule has 50 valence electrons. The maximum Gasteiger partial charge on any atom is 0.0872 e. The van der Waals surface area contributed by atoms with Crippen LogP contribution in [-0.4, -0.2) is 24.4 Å². The van der Waals surface area contributed by atoms with Gasteiger partial charge in [0.05, 0.1) is 5.04 Å². The highest BCUT2D eigenvalue weighted by Crippen LogP contribution is 2.08. The molecule has 1 aliphatic heterocycles. The molecule has 0 radical (unpaired) electrons. The lowest BCUT2D eigenvalue weighted by Gasteiger charge is -2.04. The Hall–Kier alpha value is -0.280. The SMILES string of the molecule is CNCC1=NC=CCS1. The van der Waals surface area contributed by atoms with Gasteiger partial charge in [-0.05, 0) is 7.05 Å². The minimum atomic E-state index is 0.898. The molecule has 0 fully saturated rings. The first-order valence-electron chi connectivity index (χ1n) is 2.92. The van der Waals surface area contributed by atoms with E-state index >= 15 is 0 Å². The van der Waals surface area contributed by atoms with Gasteiger partial charge in [0.25, 0.3) is 0 Å². The van der Waals surface area contributed by atoms with Crippen LogP contribution < -0.4 is 5.32 Å². The molecular formula is C6H10N2S. The Balaban J connectivity index is 2.38. The number of hydrogen-bond acceptors (Lipinski definition) is 3. The predicted molar refractivity (Wildman–Crippen MR) is 43.0 cm³/mol. The van der Waals surface area contributed by atoms with Crippen LogP contribution in [0.2, 0.25) is 0 Å². The summed E-state index contributed by atoms with van der Waals surface area (Å²) >= 11 is 1.79. The number of hydrogen-bond donors (Lipinski definition) is 1. The highest BCUT2D eigenvalue weighted by Gasteiger charge is 1.98. The van der Waals surface area contributed by atoms with Crippen molar-refractivity contribution >= 4 is 16.8 Å². The van der Waals surface area contributed by atoms with Gasteiger partial charge in [0, 0.05) is 18.5 Å². The van der Waals surface area contributed by atoms with E-state index in [1.807, 2.05) is 13.2 Å². The van der Waals surface area contributed by atoms with Gasteiger partial charge < -0.3 is 5.32 Å². The van der Waals surface area contributed by atoms with E-state index in [9.17, 15) is 0 Å². The Morgan fingerprint density at radius 3 is 3.33 bits per heavy atom. The van der Waals surface area contributed by atoms with Crippen LogP contribution in [0.5, 0.6) is 0 Å². The number of thioether (sulfide) groups is 1. The summed E-state index contributed by atoms with van der Waals surface area (Å²) in [6.07, 6.45) is 3.92. The van der Waals surface area contributed by atoms with Crippen molar-refractivity contribution in [3.8, 4) is 0 Å². The molecule has 0 atom stereocenters. The molecule has 0 unspecified atom stereocenters. The van der Waals surface area contributed by atoms with Gasteiger partial charge in [-0.1, -0.05) is 6.08 Å². The summed E-state index contributed by atoms with van der Waals surface area (Å²) in [4.78, 5) is 4.16. The molecule has 0 amide bonds. The summed E-state index contributed by atoms with van der Waals surface area (Å²) in [5.41, 5.74) is 0. The van der Waals surface area contributed by atoms with Crippen molar-refractivity contribution in [3.05, 3.63) is 12.3 Å². The molecule has 9 heavy (non-hydrogen) atoms. The van der Waals surface area contributed by atoms with Gasteiger partial charge in [0.1, 0.15) is 0 Å². The highest BCUT2D eigenvalue weighted by atomic mass is 32.2. The van der Waals surface area contributed by atoms with E-state index in [1.165, 1.54) is 5.04 Å². The second-order valence-corrected chi connectivity index (χ2v) is 2.84. The van der Waals surface area contributed by atoms with Crippen molar-refractivity contribution in [2.75, 3.05) is 19.3 Å². The zero-order valence-corrected chi connectivity index (χ0v) is 6.24. The molecule has 0 saturated carbocycles. The zero-order valence-electron chi connectivity index (χ0n) is 5.42. The lowest BCUT2D eigenvalue weighted by atomic mass is 10.6. The van der Waals surface area contributed by atoms with Gasteiger partial charge in [-0.25, -0.2) is 0 Å². The summed E-state index contributed by atoms with van der Waals surface area (Å²) in [6.45, 7) is 0.898. The van der Waals surface area contributed by atoms with Gasteiger partial charge in [-0.3, -0.25) is 4.99 Å². The summed E-state index contributed by atoms with van der Waals surface area (Å²) in [5, 5.41) is 4.23. The largest absolute Gasteiger partial charge is 0.314 e. The third-order valence-corrected chi connectivity index (χ3v) is 1.94. The van der Waals surface area contributed by atoms with Crippen LogP contribution in [0.25, 0.3) is 0 Å². The van der Waals surface area contributed by atoms with Gasteiger partial charge in [0.15, 0.2) is 0 Å². The molecule has 1 N–H and O–H groups in total. The van der Waals surface area contributed by atoms with E-state index in [2.05, 4.69) is 16.4 Å². The molecule has 1 aliphatic rings. The van der Waals surface area contributed by atoms with Gasteiger partial charge >= 0.3 is 0 Å². The zero-order chi connectivity index (χ0) is 6.53. The van der Waals surface area contributed by atoms with Crippen molar-refractivity contribution in [2.45, 2.75) is 0 Å². The minimum absolute atomic E-state index is 0.898. The molecule has 0 spiro atoms. The number of aliphatic imine (C=N–C) groups is 1. The van der Waals surface area contributed by atoms with Crippen molar-refractivity contribution in [1.82, 2.24) is 5.32 Å². The molecule has 3 heteroatoms. The quantitative estimate of drug-likeness (QED) is 0.618. The number of nitrogens with zero attached hydrogens (tertiary/aromatic N) is 1. The Bertz CT molecular complexity index is 140. The molecule has 0 saturated heterocycles. The predicted octanol–water partition coefficient (Wildman–Crippen LogP) is 0.865. The first kappa shape index (κ1) is 6.83. The molecule has 1 heterocycles. The van der Waals surface area contributed by atoms with Crippen LogP contribution in [0.3, 0.4) is 0 Å². The second kappa shape index (κ2) is 3.69. The van der Waals surface area contributed by atoms with Gasteiger partial charge in [0.2, 0.25) is 0 Å². The van der Waals surface area contributed by atoms with E-state index in [1.54, 1.807) is 11.8 Å². The van der Waals surface area contributed by atoms with E-state index in [-0.39, 0.29) is 0 Å². The van der Waals surface area contributed by atoms with Crippen LogP contribution in [0.4, 0.5) is 0 Å². The molecule has 0 bridgehead atoms. The van der Waals surface area contributed by atoms with Crippen LogP contribution in [0.1, 0.15) is 0 Å². The Kier molecular flexibility index (Phi) is 2.80. The Morgan fingerprint density at radius 2 is 2.78 bits per heavy atom. The average molecular weight is 142 g/mol. The third kappa shape index (κ3) is 2.20. The van der Waals surface area contributed by atoms with E-state index < -0.39 is 0 Å². The molecule has 0 aromatic rings. The smallest absolute Gasteiger partial charge is 0.0872 e. The summed E-state index contributed by atoms with van der Waals surface area (Å²) in [5.74, 6) is 1.07. The number of nitrogens with one attached hydrogen (secondary N) is 1. The maximum atomic E-state index is 4.16. The standard InChI is InChI=1S/C6H10N2S/c1-7-5-6-8-3-2-4-9-6/h2-3,7H,4-5H2,1H3. The van der Waals surface area contributed by atoms with Gasteiger partial charge in [-0.2, -0.15) is 0 Å². The van der Waals surface area contributed by atoms with Crippen LogP contribution in [-0.2, 0) is 0 Å². The fraction of sp³-hybridized carbons (Fsp3) is 0.500. The van der Waals surface area contributed by atoms with E-state index in [0.717, 1.165) is 12.3 Å². The Morgan fingerprint density at radius 1 is 1.89 bits per heavy atom. The normalized spacial score (nSPS) is 17.7. The van der Waals surface area contributed by atoms with Crippen molar-refractivity contribution in [3.63, 3.8) is 0 Å². The lowest BCUT2D eigenvalue weighted by molar-refractivity contribution is 0.953. The van der Waals surface area contributed by atoms with E-state index in [0.29, 0.717) is 0 Å². The third-order valence-electron chi connectivity index (χ3n) is 0.998. The molecule has 0 aliphatic carbocycles. The van der Waals surface area contributed by atoms with Crippen molar-refractivity contribution in [2.24, 2.45) is 4.99 Å². The Labute approximate surface area is 59.4 Å². The molecule has 2 nitrogen and oxygen atoms in total. The lowest BCUT2D eigenvalue weighted by Crippen LogP contribution is -2.16. The summed E-state index contributed by atoms with van der Waals surface area (Å²) in [6, 6.07) is 0. The second-order valence-electron chi connectivity index (χ2n) is 1.75. The van der Waals surface area contributed by atoms with E-state index in [4.69, 9.17) is 0 Å². The fourth-order valence-electron chi connectivity index (χ4n) is 0.608. The van der Waals surface area contributed by atoms with Crippen LogP contribution in [0.15, 0.2) is 17.3 Å². The maximum absolute atomic E-state index is 4.16. The highest BCUT2D eigenvalue weighted by molar-refractivity contribution is 8.14. The van der Waals surface area contributed by atoms with Crippen molar-refractivity contribution in [1.29, 1.82) is 0 Å². The first-order chi connectivity index (χ1) is 4.43. The minimum Gasteiger partial charge on any atom is -0.314 e. The monoisotopic (exact) mass is 142 g/mol. The molecular weight excluding hydrogens is 132 g/mol. The molecule has 1 rings (SSSR count). The van der Waals surface area contributed by atoms with Crippen LogP contribution >= 0.6 is 11.8 Å². The molecule has 0 aromatic carbocycles. The first-order valence-corrected chi connectivity index (χ1v) is 3.91. The van der Waals surface area contributed by atoms with Crippen molar-refractivity contribution < 1.29 is 0 Å². The van der Waals surface area contributed by atoms with Gasteiger partial charge in [-0.15, -0.1) is 11.8 Å². The summed E-state index contributed by atoms with van der Waals surface area (Å²) in [7, 11) is 1.93. The topological polar surface area (TPSA) is 24.4 Å². The number of rotatable bonds is 2. The fourth-order valence-corrected chi connectivity index (χ4v) is 1.36. The average Bonchev–Trinajstić information content (AvgIpc) is 1.91.